The topological polar surface area (TPSA) is 63.7 Å². The van der Waals surface area contributed by atoms with E-state index in [9.17, 15) is 13.2 Å². The summed E-state index contributed by atoms with van der Waals surface area (Å²) in [4.78, 5) is 14.7. The van der Waals surface area contributed by atoms with Crippen molar-refractivity contribution in [3.8, 4) is 5.75 Å². The molecule has 2 aromatic carbocycles. The van der Waals surface area contributed by atoms with Crippen molar-refractivity contribution < 1.29 is 17.9 Å². The molecule has 5 nitrogen and oxygen atoms in total. The van der Waals surface area contributed by atoms with Gasteiger partial charge in [0.15, 0.2) is 9.84 Å². The van der Waals surface area contributed by atoms with Gasteiger partial charge in [-0.25, -0.2) is 8.42 Å². The first-order chi connectivity index (χ1) is 12.3. The Morgan fingerprint density at radius 1 is 1.23 bits per heavy atom. The monoisotopic (exact) mass is 391 g/mol. The first-order valence-electron chi connectivity index (χ1n) is 7.95. The van der Waals surface area contributed by atoms with Crippen LogP contribution >= 0.6 is 11.6 Å². The molecule has 0 fully saturated rings. The Kier molecular flexibility index (Phi) is 5.07. The lowest BCUT2D eigenvalue weighted by atomic mass is 10.1. The summed E-state index contributed by atoms with van der Waals surface area (Å²) in [6, 6.07) is 11.4. The number of hydrogen-bond donors (Lipinski definition) is 0. The zero-order valence-corrected chi connectivity index (χ0v) is 15.9. The molecule has 0 saturated carbocycles. The fourth-order valence-corrected chi connectivity index (χ4v) is 4.25. The third kappa shape index (κ3) is 3.76. The molecule has 2 aromatic rings. The number of hydrogen-bond acceptors (Lipinski definition) is 4. The molecule has 0 aliphatic carbocycles. The van der Waals surface area contributed by atoms with E-state index in [1.165, 1.54) is 18.1 Å². The second-order valence-corrected chi connectivity index (χ2v) is 8.40. The summed E-state index contributed by atoms with van der Waals surface area (Å²) in [6.07, 6.45) is 1.53. The highest BCUT2D eigenvalue weighted by molar-refractivity contribution is 7.94. The van der Waals surface area contributed by atoms with Crippen molar-refractivity contribution in [1.82, 2.24) is 0 Å². The van der Waals surface area contributed by atoms with Crippen molar-refractivity contribution in [3.05, 3.63) is 70.1 Å². The number of sulfone groups is 1. The molecule has 0 bridgehead atoms. The number of rotatable bonds is 4. The van der Waals surface area contributed by atoms with Crippen molar-refractivity contribution in [2.24, 2.45) is 0 Å². The van der Waals surface area contributed by atoms with Gasteiger partial charge in [-0.3, -0.25) is 4.79 Å². The number of amides is 1. The van der Waals surface area contributed by atoms with Gasteiger partial charge < -0.3 is 9.64 Å². The number of halogens is 1. The standard InChI is InChI=1S/C19H18ClNO4S/c1-13-6-7-15(11-18(13)20)21(16-8-9-26(23,24)12-16)19(22)14-4-3-5-17(10-14)25-2/h3-11,16H,12H2,1-2H3/t16-/m0/s1. The summed E-state index contributed by atoms with van der Waals surface area (Å²) in [5.41, 5.74) is 1.82. The molecule has 1 heterocycles. The summed E-state index contributed by atoms with van der Waals surface area (Å²) < 4.78 is 29.0. The number of anilines is 1. The number of ether oxygens (including phenoxy) is 1. The Bertz CT molecular complexity index is 985. The molecule has 0 spiro atoms. The van der Waals surface area contributed by atoms with Gasteiger partial charge in [0.05, 0.1) is 18.9 Å². The lowest BCUT2D eigenvalue weighted by molar-refractivity contribution is 0.0983. The number of carbonyl (C=O) groups is 1. The molecule has 1 aliphatic rings. The third-order valence-corrected chi connectivity index (χ3v) is 6.00. The predicted octanol–water partition coefficient (Wildman–Crippen LogP) is 3.61. The maximum absolute atomic E-state index is 13.2. The van der Waals surface area contributed by atoms with Crippen LogP contribution in [0.5, 0.6) is 5.75 Å². The van der Waals surface area contributed by atoms with Crippen molar-refractivity contribution in [2.75, 3.05) is 17.8 Å². The van der Waals surface area contributed by atoms with E-state index in [2.05, 4.69) is 0 Å². The Morgan fingerprint density at radius 2 is 2.00 bits per heavy atom. The van der Waals surface area contributed by atoms with Gasteiger partial charge in [-0.2, -0.15) is 0 Å². The molecule has 1 aliphatic heterocycles. The minimum Gasteiger partial charge on any atom is -0.497 e. The third-order valence-electron chi connectivity index (χ3n) is 4.21. The molecule has 1 amide bonds. The van der Waals surface area contributed by atoms with Crippen LogP contribution < -0.4 is 9.64 Å². The van der Waals surface area contributed by atoms with E-state index in [-0.39, 0.29) is 11.7 Å². The van der Waals surface area contributed by atoms with Gasteiger partial charge in [-0.15, -0.1) is 0 Å². The van der Waals surface area contributed by atoms with E-state index >= 15 is 0 Å². The van der Waals surface area contributed by atoms with E-state index in [4.69, 9.17) is 16.3 Å². The lowest BCUT2D eigenvalue weighted by Crippen LogP contribution is -2.41. The lowest BCUT2D eigenvalue weighted by Gasteiger charge is -2.28. The first-order valence-corrected chi connectivity index (χ1v) is 10.0. The fourth-order valence-electron chi connectivity index (χ4n) is 2.81. The van der Waals surface area contributed by atoms with E-state index in [1.54, 1.807) is 42.5 Å². The van der Waals surface area contributed by atoms with E-state index < -0.39 is 15.9 Å². The van der Waals surface area contributed by atoms with E-state index in [0.717, 1.165) is 11.0 Å². The van der Waals surface area contributed by atoms with Crippen LogP contribution in [0.15, 0.2) is 53.9 Å². The average molecular weight is 392 g/mol. The number of benzene rings is 2. The average Bonchev–Trinajstić information content (AvgIpc) is 2.97. The second kappa shape index (κ2) is 7.13. The molecular weight excluding hydrogens is 374 g/mol. The number of aryl methyl sites for hydroxylation is 1. The predicted molar refractivity (Wildman–Crippen MR) is 103 cm³/mol. The molecule has 0 unspecified atom stereocenters. The fraction of sp³-hybridized carbons (Fsp3) is 0.211. The number of carbonyl (C=O) groups excluding carboxylic acids is 1. The van der Waals surface area contributed by atoms with Gasteiger partial charge >= 0.3 is 0 Å². The summed E-state index contributed by atoms with van der Waals surface area (Å²) >= 11 is 6.22. The molecule has 1 atom stereocenters. The molecule has 0 N–H and O–H groups in total. The Morgan fingerprint density at radius 3 is 2.62 bits per heavy atom. The molecular formula is C19H18ClNO4S. The molecule has 0 saturated heterocycles. The van der Waals surface area contributed by atoms with Crippen molar-refractivity contribution in [3.63, 3.8) is 0 Å². The van der Waals surface area contributed by atoms with Gasteiger partial charge in [-0.1, -0.05) is 23.7 Å². The van der Waals surface area contributed by atoms with E-state index in [0.29, 0.717) is 22.0 Å². The van der Waals surface area contributed by atoms with Crippen LogP contribution in [-0.4, -0.2) is 33.2 Å². The van der Waals surface area contributed by atoms with Crippen LogP contribution in [-0.2, 0) is 9.84 Å². The van der Waals surface area contributed by atoms with Crippen LogP contribution in [0.3, 0.4) is 0 Å². The maximum atomic E-state index is 13.2. The first kappa shape index (κ1) is 18.5. The zero-order valence-electron chi connectivity index (χ0n) is 14.3. The van der Waals surface area contributed by atoms with Gasteiger partial charge in [-0.05, 0) is 48.9 Å². The second-order valence-electron chi connectivity index (χ2n) is 6.07. The molecule has 26 heavy (non-hydrogen) atoms. The minimum absolute atomic E-state index is 0.159. The number of methoxy groups -OCH3 is 1. The molecule has 3 rings (SSSR count). The van der Waals surface area contributed by atoms with Crippen molar-refractivity contribution >= 4 is 33.0 Å². The van der Waals surface area contributed by atoms with Crippen LogP contribution in [0, 0.1) is 6.92 Å². The van der Waals surface area contributed by atoms with Crippen LogP contribution in [0.25, 0.3) is 0 Å². The quantitative estimate of drug-likeness (QED) is 0.798. The van der Waals surface area contributed by atoms with Crippen molar-refractivity contribution in [2.45, 2.75) is 13.0 Å². The SMILES string of the molecule is COc1cccc(C(=O)N(c2ccc(C)c(Cl)c2)[C@H]2C=CS(=O)(=O)C2)c1. The van der Waals surface area contributed by atoms with Gasteiger partial charge in [0.2, 0.25) is 0 Å². The normalized spacial score (nSPS) is 17.9. The highest BCUT2D eigenvalue weighted by atomic mass is 35.5. The van der Waals surface area contributed by atoms with Crippen LogP contribution in [0.4, 0.5) is 5.69 Å². The molecule has 136 valence electrons. The van der Waals surface area contributed by atoms with Gasteiger partial charge in [0, 0.05) is 21.7 Å². The Balaban J connectivity index is 2.06. The van der Waals surface area contributed by atoms with Crippen molar-refractivity contribution in [1.29, 1.82) is 0 Å². The maximum Gasteiger partial charge on any atom is 0.258 e. The summed E-state index contributed by atoms with van der Waals surface area (Å²) in [5, 5.41) is 1.66. The Labute approximate surface area is 157 Å². The summed E-state index contributed by atoms with van der Waals surface area (Å²) in [5.74, 6) is 0.0664. The van der Waals surface area contributed by atoms with E-state index in [1.807, 2.05) is 6.92 Å². The number of nitrogens with zero attached hydrogens (tertiary/aromatic N) is 1. The van der Waals surface area contributed by atoms with Gasteiger partial charge in [0.25, 0.3) is 5.91 Å². The highest BCUT2D eigenvalue weighted by Gasteiger charge is 2.32. The van der Waals surface area contributed by atoms with Gasteiger partial charge in [0.1, 0.15) is 5.75 Å². The van der Waals surface area contributed by atoms with Crippen LogP contribution in [0.2, 0.25) is 5.02 Å². The Hall–Kier alpha value is -2.31. The van der Waals surface area contributed by atoms with Crippen LogP contribution in [0.1, 0.15) is 15.9 Å². The summed E-state index contributed by atoms with van der Waals surface area (Å²) in [6.45, 7) is 1.86. The smallest absolute Gasteiger partial charge is 0.258 e. The zero-order chi connectivity index (χ0) is 18.9. The largest absolute Gasteiger partial charge is 0.497 e. The molecule has 0 radical (unpaired) electrons. The molecule has 7 heteroatoms. The highest BCUT2D eigenvalue weighted by Crippen LogP contribution is 2.29. The molecule has 0 aromatic heterocycles. The summed E-state index contributed by atoms with van der Waals surface area (Å²) in [7, 11) is -1.81. The minimum atomic E-state index is -3.33.